The molecule has 0 spiro atoms. The van der Waals surface area contributed by atoms with Crippen molar-refractivity contribution >= 4 is 0 Å². The summed E-state index contributed by atoms with van der Waals surface area (Å²) < 4.78 is 11.5. The number of nitrogens with one attached hydrogen (secondary N) is 1. The summed E-state index contributed by atoms with van der Waals surface area (Å²) in [6, 6.07) is 8.14. The fraction of sp³-hybridized carbons (Fsp3) is 0.600. The summed E-state index contributed by atoms with van der Waals surface area (Å²) in [5.41, 5.74) is 1.17. The first-order valence-corrected chi connectivity index (χ1v) is 6.89. The Kier molecular flexibility index (Phi) is 3.52. The van der Waals surface area contributed by atoms with Crippen LogP contribution >= 0.6 is 0 Å². The van der Waals surface area contributed by atoms with E-state index in [1.807, 2.05) is 12.1 Å². The quantitative estimate of drug-likeness (QED) is 0.871. The maximum absolute atomic E-state index is 6.21. The number of ether oxygens (including phenoxy) is 2. The second-order valence-electron chi connectivity index (χ2n) is 5.28. The van der Waals surface area contributed by atoms with Crippen molar-refractivity contribution in [1.82, 2.24) is 5.32 Å². The fourth-order valence-electron chi connectivity index (χ4n) is 3.07. The highest BCUT2D eigenvalue weighted by Crippen LogP contribution is 2.34. The van der Waals surface area contributed by atoms with Crippen LogP contribution in [0.1, 0.15) is 37.5 Å². The van der Waals surface area contributed by atoms with Gasteiger partial charge in [-0.15, -0.1) is 0 Å². The fourth-order valence-corrected chi connectivity index (χ4v) is 3.07. The standard InChI is InChI=1S/C15H21NO2/c1-17-13-7-4-6-11(9-13)15-16-10-12-5-2-3-8-14(12)18-15/h4,6-7,9,12,14-16H,2-3,5,8,10H2,1H3/t12-,14+,15?/m1/s1. The molecule has 1 saturated heterocycles. The van der Waals surface area contributed by atoms with Crippen LogP contribution in [0.15, 0.2) is 24.3 Å². The van der Waals surface area contributed by atoms with E-state index in [0.29, 0.717) is 12.0 Å². The average molecular weight is 247 g/mol. The van der Waals surface area contributed by atoms with E-state index in [-0.39, 0.29) is 6.23 Å². The number of rotatable bonds is 2. The summed E-state index contributed by atoms with van der Waals surface area (Å²) in [7, 11) is 1.70. The number of benzene rings is 1. The highest BCUT2D eigenvalue weighted by atomic mass is 16.5. The minimum Gasteiger partial charge on any atom is -0.497 e. The molecule has 18 heavy (non-hydrogen) atoms. The van der Waals surface area contributed by atoms with E-state index in [1.165, 1.54) is 31.2 Å². The lowest BCUT2D eigenvalue weighted by atomic mass is 9.85. The van der Waals surface area contributed by atoms with Crippen molar-refractivity contribution in [3.63, 3.8) is 0 Å². The van der Waals surface area contributed by atoms with Crippen molar-refractivity contribution in [2.45, 2.75) is 38.0 Å². The van der Waals surface area contributed by atoms with Gasteiger partial charge in [0.15, 0.2) is 0 Å². The molecule has 1 aromatic rings. The lowest BCUT2D eigenvalue weighted by molar-refractivity contribution is -0.109. The van der Waals surface area contributed by atoms with Crippen LogP contribution in [0.4, 0.5) is 0 Å². The Morgan fingerprint density at radius 1 is 1.28 bits per heavy atom. The Balaban J connectivity index is 1.72. The van der Waals surface area contributed by atoms with Crippen LogP contribution in [-0.2, 0) is 4.74 Å². The van der Waals surface area contributed by atoms with Gasteiger partial charge in [-0.1, -0.05) is 25.0 Å². The Morgan fingerprint density at radius 3 is 3.06 bits per heavy atom. The van der Waals surface area contributed by atoms with E-state index in [9.17, 15) is 0 Å². The van der Waals surface area contributed by atoms with Gasteiger partial charge >= 0.3 is 0 Å². The normalized spacial score (nSPS) is 31.7. The first-order chi connectivity index (χ1) is 8.86. The summed E-state index contributed by atoms with van der Waals surface area (Å²) in [5.74, 6) is 1.60. The Morgan fingerprint density at radius 2 is 2.17 bits per heavy atom. The lowest BCUT2D eigenvalue weighted by Gasteiger charge is -2.40. The van der Waals surface area contributed by atoms with Crippen molar-refractivity contribution in [3.05, 3.63) is 29.8 Å². The predicted molar refractivity (Wildman–Crippen MR) is 70.6 cm³/mol. The molecule has 2 fully saturated rings. The molecular weight excluding hydrogens is 226 g/mol. The third-order valence-corrected chi connectivity index (χ3v) is 4.11. The molecule has 3 atom stereocenters. The zero-order valence-electron chi connectivity index (χ0n) is 10.9. The van der Waals surface area contributed by atoms with Crippen molar-refractivity contribution in [2.75, 3.05) is 13.7 Å². The molecule has 3 rings (SSSR count). The molecule has 1 aliphatic carbocycles. The van der Waals surface area contributed by atoms with E-state index in [0.717, 1.165) is 12.3 Å². The van der Waals surface area contributed by atoms with Crippen molar-refractivity contribution in [3.8, 4) is 5.75 Å². The highest BCUT2D eigenvalue weighted by Gasteiger charge is 2.33. The van der Waals surface area contributed by atoms with Crippen molar-refractivity contribution in [2.24, 2.45) is 5.92 Å². The first kappa shape index (κ1) is 12.0. The number of methoxy groups -OCH3 is 1. The largest absolute Gasteiger partial charge is 0.497 e. The lowest BCUT2D eigenvalue weighted by Crippen LogP contribution is -2.45. The molecule has 0 bridgehead atoms. The SMILES string of the molecule is COc1cccc(C2NC[C@H]3CCCC[C@@H]3O2)c1. The molecule has 1 saturated carbocycles. The third kappa shape index (κ3) is 2.38. The number of hydrogen-bond donors (Lipinski definition) is 1. The van der Waals surface area contributed by atoms with Gasteiger partial charge in [-0.2, -0.15) is 0 Å². The molecule has 1 aromatic carbocycles. The summed E-state index contributed by atoms with van der Waals surface area (Å²) in [5, 5.41) is 3.51. The topological polar surface area (TPSA) is 30.5 Å². The van der Waals surface area contributed by atoms with E-state index < -0.39 is 0 Å². The molecule has 1 heterocycles. The van der Waals surface area contributed by atoms with Gasteiger partial charge in [0, 0.05) is 6.54 Å². The van der Waals surface area contributed by atoms with E-state index in [2.05, 4.69) is 17.4 Å². The van der Waals surface area contributed by atoms with Crippen LogP contribution in [0.3, 0.4) is 0 Å². The van der Waals surface area contributed by atoms with E-state index in [4.69, 9.17) is 9.47 Å². The van der Waals surface area contributed by atoms with Gasteiger partial charge in [0.25, 0.3) is 0 Å². The maximum Gasteiger partial charge on any atom is 0.134 e. The van der Waals surface area contributed by atoms with Crippen LogP contribution in [0.25, 0.3) is 0 Å². The summed E-state index contributed by atoms with van der Waals surface area (Å²) in [4.78, 5) is 0. The van der Waals surface area contributed by atoms with Gasteiger partial charge in [0.2, 0.25) is 0 Å². The zero-order valence-corrected chi connectivity index (χ0v) is 10.9. The Bertz CT molecular complexity index is 407. The molecule has 1 unspecified atom stereocenters. The number of fused-ring (bicyclic) bond motifs is 1. The van der Waals surface area contributed by atoms with Crippen LogP contribution in [0.5, 0.6) is 5.75 Å². The second-order valence-corrected chi connectivity index (χ2v) is 5.28. The molecule has 0 amide bonds. The Hall–Kier alpha value is -1.06. The molecule has 3 heteroatoms. The average Bonchev–Trinajstić information content (AvgIpc) is 2.47. The van der Waals surface area contributed by atoms with Crippen molar-refractivity contribution in [1.29, 1.82) is 0 Å². The van der Waals surface area contributed by atoms with E-state index >= 15 is 0 Å². The molecule has 0 aromatic heterocycles. The van der Waals surface area contributed by atoms with Crippen LogP contribution < -0.4 is 10.1 Å². The number of hydrogen-bond acceptors (Lipinski definition) is 3. The molecule has 3 nitrogen and oxygen atoms in total. The van der Waals surface area contributed by atoms with Gasteiger partial charge in [0.05, 0.1) is 13.2 Å². The molecule has 1 N–H and O–H groups in total. The highest BCUT2D eigenvalue weighted by molar-refractivity contribution is 5.29. The Labute approximate surface area is 108 Å². The van der Waals surface area contributed by atoms with Crippen LogP contribution in [-0.4, -0.2) is 19.8 Å². The zero-order chi connectivity index (χ0) is 12.4. The molecule has 0 radical (unpaired) electrons. The van der Waals surface area contributed by atoms with Crippen LogP contribution in [0, 0.1) is 5.92 Å². The predicted octanol–water partition coefficient (Wildman–Crippen LogP) is 2.87. The minimum absolute atomic E-state index is 0.0273. The summed E-state index contributed by atoms with van der Waals surface area (Å²) in [6.07, 6.45) is 5.66. The monoisotopic (exact) mass is 247 g/mol. The van der Waals surface area contributed by atoms with Gasteiger partial charge in [0.1, 0.15) is 12.0 Å². The van der Waals surface area contributed by atoms with Gasteiger partial charge in [-0.05, 0) is 36.5 Å². The first-order valence-electron chi connectivity index (χ1n) is 6.89. The van der Waals surface area contributed by atoms with Gasteiger partial charge in [-0.3, -0.25) is 5.32 Å². The summed E-state index contributed by atoms with van der Waals surface area (Å²) in [6.45, 7) is 1.08. The maximum atomic E-state index is 6.21. The van der Waals surface area contributed by atoms with Crippen molar-refractivity contribution < 1.29 is 9.47 Å². The summed E-state index contributed by atoms with van der Waals surface area (Å²) >= 11 is 0. The molecule has 2 aliphatic rings. The minimum atomic E-state index is 0.0273. The molecule has 1 aliphatic heterocycles. The van der Waals surface area contributed by atoms with Gasteiger partial charge < -0.3 is 9.47 Å². The van der Waals surface area contributed by atoms with E-state index in [1.54, 1.807) is 7.11 Å². The smallest absolute Gasteiger partial charge is 0.134 e. The third-order valence-electron chi connectivity index (χ3n) is 4.11. The molecular formula is C15H21NO2. The molecule has 98 valence electrons. The van der Waals surface area contributed by atoms with Crippen LogP contribution in [0.2, 0.25) is 0 Å². The van der Waals surface area contributed by atoms with Gasteiger partial charge in [-0.25, -0.2) is 0 Å². The second kappa shape index (κ2) is 5.29.